The molecule has 0 spiro atoms. The Balaban J connectivity index is 2.23. The zero-order chi connectivity index (χ0) is 14.8. The van der Waals surface area contributed by atoms with Crippen molar-refractivity contribution < 1.29 is 9.13 Å². The Labute approximate surface area is 120 Å². The molecular weight excluding hydrogens is 257 g/mol. The number of nitrogens with one attached hydrogen (secondary N) is 1. The van der Waals surface area contributed by atoms with E-state index in [4.69, 9.17) is 4.74 Å². The summed E-state index contributed by atoms with van der Waals surface area (Å²) in [7, 11) is 0. The van der Waals surface area contributed by atoms with Crippen molar-refractivity contribution in [1.29, 1.82) is 0 Å². The van der Waals surface area contributed by atoms with Crippen LogP contribution < -0.4 is 10.2 Å². The second-order valence-corrected chi connectivity index (χ2v) is 6.36. The quantitative estimate of drug-likeness (QED) is 0.923. The topological polar surface area (TPSA) is 37.4 Å². The average molecular weight is 281 g/mol. The highest BCUT2D eigenvalue weighted by Crippen LogP contribution is 2.23. The van der Waals surface area contributed by atoms with Gasteiger partial charge in [0.2, 0.25) is 0 Å². The first-order valence-corrected chi connectivity index (χ1v) is 7.10. The highest BCUT2D eigenvalue weighted by atomic mass is 19.1. The Morgan fingerprint density at radius 2 is 2.25 bits per heavy atom. The van der Waals surface area contributed by atoms with Crippen LogP contribution in [0.2, 0.25) is 0 Å². The molecule has 1 saturated heterocycles. The van der Waals surface area contributed by atoms with Gasteiger partial charge < -0.3 is 15.0 Å². The molecule has 0 amide bonds. The van der Waals surface area contributed by atoms with Crippen LogP contribution >= 0.6 is 0 Å². The smallest absolute Gasteiger partial charge is 0.141 e. The molecule has 0 saturated carbocycles. The van der Waals surface area contributed by atoms with Crippen LogP contribution in [0, 0.1) is 5.82 Å². The van der Waals surface area contributed by atoms with Gasteiger partial charge in [-0.05, 0) is 33.8 Å². The molecule has 1 aliphatic rings. The van der Waals surface area contributed by atoms with Gasteiger partial charge in [-0.1, -0.05) is 0 Å². The minimum Gasteiger partial charge on any atom is -0.377 e. The fourth-order valence-corrected chi connectivity index (χ4v) is 2.26. The molecule has 20 heavy (non-hydrogen) atoms. The zero-order valence-corrected chi connectivity index (χ0v) is 12.7. The molecule has 1 fully saturated rings. The van der Waals surface area contributed by atoms with Crippen molar-refractivity contribution in [2.24, 2.45) is 0 Å². The first-order valence-electron chi connectivity index (χ1n) is 7.10. The zero-order valence-electron chi connectivity index (χ0n) is 12.7. The summed E-state index contributed by atoms with van der Waals surface area (Å²) in [5, 5.41) is 3.40. The number of aromatic nitrogens is 1. The largest absolute Gasteiger partial charge is 0.377 e. The third-order valence-electron chi connectivity index (χ3n) is 3.36. The van der Waals surface area contributed by atoms with Crippen molar-refractivity contribution in [3.05, 3.63) is 23.6 Å². The predicted octanol–water partition coefficient (Wildman–Crippen LogP) is 2.33. The van der Waals surface area contributed by atoms with Crippen LogP contribution in [0.1, 0.15) is 33.3 Å². The molecule has 1 N–H and O–H groups in total. The summed E-state index contributed by atoms with van der Waals surface area (Å²) >= 11 is 0. The molecule has 4 nitrogen and oxygen atoms in total. The molecule has 0 radical (unpaired) electrons. The summed E-state index contributed by atoms with van der Waals surface area (Å²) in [6.07, 6.45) is 1.29. The number of rotatable bonds is 3. The van der Waals surface area contributed by atoms with Gasteiger partial charge in [0.25, 0.3) is 0 Å². The number of halogens is 1. The van der Waals surface area contributed by atoms with E-state index in [1.165, 1.54) is 6.20 Å². The Bertz CT molecular complexity index is 459. The molecule has 2 heterocycles. The number of hydrogen-bond donors (Lipinski definition) is 1. The number of morpholine rings is 1. The van der Waals surface area contributed by atoms with Crippen molar-refractivity contribution in [3.8, 4) is 0 Å². The normalized spacial score (nSPS) is 20.2. The van der Waals surface area contributed by atoms with Crippen LogP contribution in [0.25, 0.3) is 0 Å². The van der Waals surface area contributed by atoms with Crippen LogP contribution in [-0.4, -0.2) is 36.3 Å². The summed E-state index contributed by atoms with van der Waals surface area (Å²) in [6.45, 7) is 11.2. The Morgan fingerprint density at radius 3 is 2.90 bits per heavy atom. The van der Waals surface area contributed by atoms with E-state index in [2.05, 4.69) is 42.9 Å². The van der Waals surface area contributed by atoms with Crippen LogP contribution in [0.5, 0.6) is 0 Å². The highest BCUT2D eigenvalue weighted by molar-refractivity contribution is 5.48. The van der Waals surface area contributed by atoms with Crippen LogP contribution in [0.15, 0.2) is 12.3 Å². The minimum absolute atomic E-state index is 0.0137. The molecule has 1 aliphatic heterocycles. The van der Waals surface area contributed by atoms with Crippen molar-refractivity contribution >= 4 is 5.82 Å². The maximum Gasteiger partial charge on any atom is 0.141 e. The molecule has 1 atom stereocenters. The molecule has 2 rings (SSSR count). The van der Waals surface area contributed by atoms with Gasteiger partial charge in [0.1, 0.15) is 11.6 Å². The van der Waals surface area contributed by atoms with Crippen molar-refractivity contribution in [3.63, 3.8) is 0 Å². The SMILES string of the molecule is CC1COCCN1c1ncc(F)cc1CNC(C)(C)C. The lowest BCUT2D eigenvalue weighted by Gasteiger charge is -2.35. The summed E-state index contributed by atoms with van der Waals surface area (Å²) < 4.78 is 19.0. The van der Waals surface area contributed by atoms with E-state index in [1.54, 1.807) is 6.07 Å². The second-order valence-electron chi connectivity index (χ2n) is 6.36. The molecule has 0 aliphatic carbocycles. The van der Waals surface area contributed by atoms with Gasteiger partial charge >= 0.3 is 0 Å². The third kappa shape index (κ3) is 3.90. The Kier molecular flexibility index (Phi) is 4.60. The number of hydrogen-bond acceptors (Lipinski definition) is 4. The van der Waals surface area contributed by atoms with Crippen LogP contribution in [0.4, 0.5) is 10.2 Å². The molecule has 0 bridgehead atoms. The Morgan fingerprint density at radius 1 is 1.50 bits per heavy atom. The molecule has 0 aromatic carbocycles. The highest BCUT2D eigenvalue weighted by Gasteiger charge is 2.23. The van der Waals surface area contributed by atoms with Gasteiger partial charge in [0.15, 0.2) is 0 Å². The van der Waals surface area contributed by atoms with E-state index in [0.717, 1.165) is 17.9 Å². The summed E-state index contributed by atoms with van der Waals surface area (Å²) in [4.78, 5) is 6.51. The first-order chi connectivity index (χ1) is 9.37. The lowest BCUT2D eigenvalue weighted by Crippen LogP contribution is -2.45. The maximum atomic E-state index is 13.5. The van der Waals surface area contributed by atoms with Crippen LogP contribution in [-0.2, 0) is 11.3 Å². The predicted molar refractivity (Wildman–Crippen MR) is 78.4 cm³/mol. The second kappa shape index (κ2) is 6.06. The summed E-state index contributed by atoms with van der Waals surface area (Å²) in [6, 6.07) is 1.83. The molecule has 1 aromatic heterocycles. The monoisotopic (exact) mass is 281 g/mol. The van der Waals surface area contributed by atoms with E-state index in [-0.39, 0.29) is 17.4 Å². The van der Waals surface area contributed by atoms with E-state index in [1.807, 2.05) is 0 Å². The number of anilines is 1. The fraction of sp³-hybridized carbons (Fsp3) is 0.667. The minimum atomic E-state index is -0.291. The van der Waals surface area contributed by atoms with E-state index >= 15 is 0 Å². The molecule has 1 aromatic rings. The van der Waals surface area contributed by atoms with Crippen molar-refractivity contribution in [2.45, 2.75) is 45.8 Å². The van der Waals surface area contributed by atoms with E-state index in [9.17, 15) is 4.39 Å². The van der Waals surface area contributed by atoms with E-state index in [0.29, 0.717) is 19.8 Å². The van der Waals surface area contributed by atoms with E-state index < -0.39 is 0 Å². The van der Waals surface area contributed by atoms with Gasteiger partial charge in [-0.15, -0.1) is 0 Å². The summed E-state index contributed by atoms with van der Waals surface area (Å²) in [5.74, 6) is 0.569. The van der Waals surface area contributed by atoms with Crippen molar-refractivity contribution in [2.75, 3.05) is 24.7 Å². The van der Waals surface area contributed by atoms with Gasteiger partial charge in [-0.2, -0.15) is 0 Å². The number of pyridine rings is 1. The van der Waals surface area contributed by atoms with Crippen LogP contribution in [0.3, 0.4) is 0 Å². The lowest BCUT2D eigenvalue weighted by atomic mass is 10.1. The lowest BCUT2D eigenvalue weighted by molar-refractivity contribution is 0.0984. The number of nitrogens with zero attached hydrogens (tertiary/aromatic N) is 2. The fourth-order valence-electron chi connectivity index (χ4n) is 2.26. The molecule has 112 valence electrons. The standard InChI is InChI=1S/C15H24FN3O/c1-11-10-20-6-5-19(11)14-12(7-13(16)9-17-14)8-18-15(2,3)4/h7,9,11,18H,5-6,8,10H2,1-4H3. The average Bonchev–Trinajstić information content (AvgIpc) is 2.37. The molecule has 5 heteroatoms. The maximum absolute atomic E-state index is 13.5. The molecular formula is C15H24FN3O. The third-order valence-corrected chi connectivity index (χ3v) is 3.36. The van der Waals surface area contributed by atoms with Gasteiger partial charge in [-0.25, -0.2) is 9.37 Å². The molecule has 1 unspecified atom stereocenters. The summed E-state index contributed by atoms with van der Waals surface area (Å²) in [5.41, 5.74) is 0.883. The number of ether oxygens (including phenoxy) is 1. The Hall–Kier alpha value is -1.20. The first kappa shape index (κ1) is 15.2. The van der Waals surface area contributed by atoms with Gasteiger partial charge in [0, 0.05) is 24.2 Å². The van der Waals surface area contributed by atoms with Gasteiger partial charge in [0.05, 0.1) is 25.5 Å². The van der Waals surface area contributed by atoms with Crippen molar-refractivity contribution in [1.82, 2.24) is 10.3 Å². The van der Waals surface area contributed by atoms with Gasteiger partial charge in [-0.3, -0.25) is 0 Å².